The van der Waals surface area contributed by atoms with Crippen molar-refractivity contribution in [1.29, 1.82) is 0 Å². The highest BCUT2D eigenvalue weighted by atomic mass is 35.5. The Morgan fingerprint density at radius 2 is 2.18 bits per heavy atom. The fraction of sp³-hybridized carbons (Fsp3) is 0.571. The number of hydrogen-bond donors (Lipinski definition) is 1. The minimum Gasteiger partial charge on any atom is -0.329 e. The van der Waals surface area contributed by atoms with Crippen LogP contribution < -0.4 is 5.73 Å². The smallest absolute Gasteiger partial charge is 0.0488 e. The molecule has 2 rings (SSSR count). The Morgan fingerprint density at radius 1 is 1.41 bits per heavy atom. The molecule has 2 nitrogen and oxygen atoms in total. The highest BCUT2D eigenvalue weighted by Gasteiger charge is 2.27. The van der Waals surface area contributed by atoms with E-state index in [1.54, 1.807) is 0 Å². The lowest BCUT2D eigenvalue weighted by molar-refractivity contribution is 0.109. The van der Waals surface area contributed by atoms with Crippen molar-refractivity contribution in [3.8, 4) is 0 Å². The lowest BCUT2D eigenvalue weighted by atomic mass is 9.97. The van der Waals surface area contributed by atoms with Crippen LogP contribution in [0, 0.1) is 0 Å². The second kappa shape index (κ2) is 5.85. The van der Waals surface area contributed by atoms with Gasteiger partial charge in [-0.05, 0) is 37.9 Å². The van der Waals surface area contributed by atoms with Crippen LogP contribution in [0.4, 0.5) is 0 Å². The second-order valence-electron chi connectivity index (χ2n) is 4.86. The Labute approximate surface area is 109 Å². The van der Waals surface area contributed by atoms with Gasteiger partial charge in [-0.15, -0.1) is 0 Å². The first-order valence-corrected chi connectivity index (χ1v) is 6.82. The molecule has 1 aliphatic rings. The summed E-state index contributed by atoms with van der Waals surface area (Å²) in [4.78, 5) is 2.50. The highest BCUT2D eigenvalue weighted by molar-refractivity contribution is 6.31. The first kappa shape index (κ1) is 12.9. The molecular weight excluding hydrogens is 232 g/mol. The van der Waals surface area contributed by atoms with Crippen molar-refractivity contribution in [2.45, 2.75) is 38.3 Å². The number of halogens is 1. The van der Waals surface area contributed by atoms with E-state index in [1.807, 2.05) is 18.2 Å². The Morgan fingerprint density at radius 3 is 2.82 bits per heavy atom. The van der Waals surface area contributed by atoms with Gasteiger partial charge in [-0.25, -0.2) is 0 Å². The molecule has 1 fully saturated rings. The molecule has 2 N–H and O–H groups in total. The molecule has 0 aromatic heterocycles. The van der Waals surface area contributed by atoms with Gasteiger partial charge in [-0.1, -0.05) is 36.2 Å². The molecule has 94 valence electrons. The zero-order chi connectivity index (χ0) is 12.3. The minimum atomic E-state index is 0.263. The van der Waals surface area contributed by atoms with Crippen molar-refractivity contribution in [3.63, 3.8) is 0 Å². The van der Waals surface area contributed by atoms with Crippen molar-refractivity contribution in [2.75, 3.05) is 13.1 Å². The van der Waals surface area contributed by atoms with Gasteiger partial charge in [-0.2, -0.15) is 0 Å². The number of nitrogens with two attached hydrogens (primary N) is 1. The monoisotopic (exact) mass is 252 g/mol. The van der Waals surface area contributed by atoms with E-state index >= 15 is 0 Å². The van der Waals surface area contributed by atoms with Crippen LogP contribution in [0.25, 0.3) is 0 Å². The Hall–Kier alpha value is -0.570. The summed E-state index contributed by atoms with van der Waals surface area (Å²) in [5, 5.41) is 0.834. The topological polar surface area (TPSA) is 29.3 Å². The average molecular weight is 253 g/mol. The van der Waals surface area contributed by atoms with Crippen LogP contribution in [0.2, 0.25) is 5.02 Å². The SMILES string of the molecule is CC1CCCCN1C(CN)c1ccccc1Cl. The molecule has 1 aromatic carbocycles. The average Bonchev–Trinajstić information content (AvgIpc) is 2.34. The third-order valence-electron chi connectivity index (χ3n) is 3.74. The minimum absolute atomic E-state index is 0.263. The van der Waals surface area contributed by atoms with E-state index in [0.29, 0.717) is 12.6 Å². The molecule has 1 heterocycles. The predicted molar refractivity (Wildman–Crippen MR) is 73.3 cm³/mol. The summed E-state index contributed by atoms with van der Waals surface area (Å²) in [5.74, 6) is 0. The van der Waals surface area contributed by atoms with Gasteiger partial charge < -0.3 is 5.73 Å². The summed E-state index contributed by atoms with van der Waals surface area (Å²) in [6.45, 7) is 4.06. The first-order chi connectivity index (χ1) is 8.24. The van der Waals surface area contributed by atoms with E-state index in [2.05, 4.69) is 17.9 Å². The van der Waals surface area contributed by atoms with Gasteiger partial charge in [0.2, 0.25) is 0 Å². The standard InChI is InChI=1S/C14H21ClN2/c1-11-6-4-5-9-17(11)14(10-16)12-7-2-3-8-13(12)15/h2-3,7-8,11,14H,4-6,9-10,16H2,1H3. The number of likely N-dealkylation sites (tertiary alicyclic amines) is 1. The maximum atomic E-state index is 6.28. The van der Waals surface area contributed by atoms with Crippen LogP contribution in [0.3, 0.4) is 0 Å². The number of hydrogen-bond acceptors (Lipinski definition) is 2. The van der Waals surface area contributed by atoms with E-state index in [0.717, 1.165) is 11.6 Å². The summed E-state index contributed by atoms with van der Waals surface area (Å²) in [6.07, 6.45) is 3.86. The van der Waals surface area contributed by atoms with Gasteiger partial charge in [0.25, 0.3) is 0 Å². The molecule has 2 unspecified atom stereocenters. The second-order valence-corrected chi connectivity index (χ2v) is 5.26. The third-order valence-corrected chi connectivity index (χ3v) is 4.09. The van der Waals surface area contributed by atoms with Gasteiger partial charge in [0.05, 0.1) is 0 Å². The Balaban J connectivity index is 2.23. The summed E-state index contributed by atoms with van der Waals surface area (Å²) >= 11 is 6.28. The molecule has 1 aromatic rings. The van der Waals surface area contributed by atoms with Crippen molar-refractivity contribution < 1.29 is 0 Å². The van der Waals surface area contributed by atoms with Crippen molar-refractivity contribution >= 4 is 11.6 Å². The molecule has 0 saturated carbocycles. The molecule has 3 heteroatoms. The Bertz CT molecular complexity index is 367. The van der Waals surface area contributed by atoms with Crippen LogP contribution in [0.15, 0.2) is 24.3 Å². The van der Waals surface area contributed by atoms with Crippen molar-refractivity contribution in [3.05, 3.63) is 34.9 Å². The van der Waals surface area contributed by atoms with Crippen LogP contribution >= 0.6 is 11.6 Å². The molecule has 1 aliphatic heterocycles. The first-order valence-electron chi connectivity index (χ1n) is 6.44. The Kier molecular flexibility index (Phi) is 4.43. The van der Waals surface area contributed by atoms with Gasteiger partial charge in [0.1, 0.15) is 0 Å². The maximum Gasteiger partial charge on any atom is 0.0488 e. The molecule has 17 heavy (non-hydrogen) atoms. The van der Waals surface area contributed by atoms with E-state index in [-0.39, 0.29) is 6.04 Å². The quantitative estimate of drug-likeness (QED) is 0.895. The van der Waals surface area contributed by atoms with E-state index in [1.165, 1.54) is 24.8 Å². The van der Waals surface area contributed by atoms with Crippen molar-refractivity contribution in [1.82, 2.24) is 4.90 Å². The fourth-order valence-electron chi connectivity index (χ4n) is 2.77. The molecule has 0 spiro atoms. The zero-order valence-corrected chi connectivity index (χ0v) is 11.2. The molecule has 0 amide bonds. The summed E-state index contributed by atoms with van der Waals surface area (Å²) in [7, 11) is 0. The molecule has 1 saturated heterocycles. The van der Waals surface area contributed by atoms with Crippen LogP contribution in [0.1, 0.15) is 37.8 Å². The van der Waals surface area contributed by atoms with Crippen LogP contribution in [0.5, 0.6) is 0 Å². The summed E-state index contributed by atoms with van der Waals surface area (Å²) in [6, 6.07) is 8.93. The number of rotatable bonds is 3. The van der Waals surface area contributed by atoms with Crippen LogP contribution in [-0.2, 0) is 0 Å². The maximum absolute atomic E-state index is 6.28. The summed E-state index contributed by atoms with van der Waals surface area (Å²) in [5.41, 5.74) is 7.14. The van der Waals surface area contributed by atoms with E-state index < -0.39 is 0 Å². The lowest BCUT2D eigenvalue weighted by Crippen LogP contribution is -2.43. The zero-order valence-electron chi connectivity index (χ0n) is 10.4. The molecule has 2 atom stereocenters. The number of nitrogens with zero attached hydrogens (tertiary/aromatic N) is 1. The molecule has 0 bridgehead atoms. The van der Waals surface area contributed by atoms with Gasteiger partial charge in [-0.3, -0.25) is 4.90 Å². The van der Waals surface area contributed by atoms with Crippen LogP contribution in [-0.4, -0.2) is 24.0 Å². The fourth-order valence-corrected chi connectivity index (χ4v) is 3.03. The van der Waals surface area contributed by atoms with Gasteiger partial charge in [0.15, 0.2) is 0 Å². The largest absolute Gasteiger partial charge is 0.329 e. The van der Waals surface area contributed by atoms with E-state index in [9.17, 15) is 0 Å². The number of benzene rings is 1. The predicted octanol–water partition coefficient (Wildman–Crippen LogP) is 3.21. The molecular formula is C14H21ClN2. The highest BCUT2D eigenvalue weighted by Crippen LogP contribution is 2.31. The van der Waals surface area contributed by atoms with Crippen molar-refractivity contribution in [2.24, 2.45) is 5.73 Å². The van der Waals surface area contributed by atoms with Gasteiger partial charge in [0, 0.05) is 23.7 Å². The number of piperidine rings is 1. The normalized spacial score (nSPS) is 23.6. The summed E-state index contributed by atoms with van der Waals surface area (Å²) < 4.78 is 0. The van der Waals surface area contributed by atoms with Gasteiger partial charge >= 0.3 is 0 Å². The molecule has 0 aliphatic carbocycles. The van der Waals surface area contributed by atoms with E-state index in [4.69, 9.17) is 17.3 Å². The lowest BCUT2D eigenvalue weighted by Gasteiger charge is -2.39. The molecule has 0 radical (unpaired) electrons. The third kappa shape index (κ3) is 2.82.